The predicted octanol–water partition coefficient (Wildman–Crippen LogP) is 2.54. The molecule has 144 valence electrons. The van der Waals surface area contributed by atoms with Crippen molar-refractivity contribution in [1.82, 2.24) is 20.3 Å². The van der Waals surface area contributed by atoms with Gasteiger partial charge in [0.2, 0.25) is 5.91 Å². The molecule has 7 heteroatoms. The van der Waals surface area contributed by atoms with E-state index in [9.17, 15) is 9.59 Å². The first-order chi connectivity index (χ1) is 13.6. The lowest BCUT2D eigenvalue weighted by Crippen LogP contribution is -2.31. The zero-order chi connectivity index (χ0) is 19.9. The van der Waals surface area contributed by atoms with Gasteiger partial charge in [0.05, 0.1) is 43.1 Å². The number of nitrogens with one attached hydrogen (secondary N) is 1. The van der Waals surface area contributed by atoms with Crippen molar-refractivity contribution in [3.63, 3.8) is 0 Å². The van der Waals surface area contributed by atoms with Crippen molar-refractivity contribution in [1.29, 1.82) is 0 Å². The standard InChI is InChI=1S/C21H22N4O3/c1-15-18(23-24-25(15)17-11-7-4-8-12-17)13-20(26)22-19(14-21(27)28-2)16-9-5-3-6-10-16/h3-12,19H,13-14H2,1-2H3,(H,22,26)/t19-/m1/s1. The van der Waals surface area contributed by atoms with Crippen LogP contribution in [0.5, 0.6) is 0 Å². The lowest BCUT2D eigenvalue weighted by atomic mass is 10.0. The molecule has 2 aromatic carbocycles. The second-order valence-electron chi connectivity index (χ2n) is 6.36. The van der Waals surface area contributed by atoms with Gasteiger partial charge in [-0.15, -0.1) is 5.10 Å². The van der Waals surface area contributed by atoms with Crippen LogP contribution in [0.25, 0.3) is 5.69 Å². The molecule has 1 N–H and O–H groups in total. The van der Waals surface area contributed by atoms with Gasteiger partial charge in [-0.25, -0.2) is 4.68 Å². The molecule has 1 amide bonds. The molecule has 3 aromatic rings. The van der Waals surface area contributed by atoms with Crippen LogP contribution in [0.3, 0.4) is 0 Å². The summed E-state index contributed by atoms with van der Waals surface area (Å²) in [6.45, 7) is 1.87. The predicted molar refractivity (Wildman–Crippen MR) is 104 cm³/mol. The maximum absolute atomic E-state index is 12.6. The lowest BCUT2D eigenvalue weighted by molar-refractivity contribution is -0.141. The van der Waals surface area contributed by atoms with Crippen molar-refractivity contribution in [3.8, 4) is 5.69 Å². The highest BCUT2D eigenvalue weighted by atomic mass is 16.5. The molecule has 0 spiro atoms. The molecule has 28 heavy (non-hydrogen) atoms. The molecule has 1 heterocycles. The van der Waals surface area contributed by atoms with E-state index in [1.807, 2.05) is 67.6 Å². The molecule has 0 aliphatic heterocycles. The van der Waals surface area contributed by atoms with Crippen LogP contribution >= 0.6 is 0 Å². The Morgan fingerprint density at radius 1 is 1.07 bits per heavy atom. The summed E-state index contributed by atoms with van der Waals surface area (Å²) < 4.78 is 6.46. The fourth-order valence-corrected chi connectivity index (χ4v) is 2.92. The number of methoxy groups -OCH3 is 1. The van der Waals surface area contributed by atoms with Gasteiger partial charge in [-0.1, -0.05) is 53.7 Å². The van der Waals surface area contributed by atoms with Gasteiger partial charge in [0.15, 0.2) is 0 Å². The second kappa shape index (κ2) is 8.94. The molecule has 3 rings (SSSR count). The highest BCUT2D eigenvalue weighted by Gasteiger charge is 2.20. The summed E-state index contributed by atoms with van der Waals surface area (Å²) >= 11 is 0. The first-order valence-corrected chi connectivity index (χ1v) is 8.96. The number of carbonyl (C=O) groups excluding carboxylic acids is 2. The molecule has 0 aliphatic carbocycles. The molecule has 0 saturated heterocycles. The van der Waals surface area contributed by atoms with Crippen LogP contribution in [-0.4, -0.2) is 34.0 Å². The second-order valence-corrected chi connectivity index (χ2v) is 6.36. The minimum Gasteiger partial charge on any atom is -0.469 e. The highest BCUT2D eigenvalue weighted by Crippen LogP contribution is 2.18. The number of carbonyl (C=O) groups is 2. The van der Waals surface area contributed by atoms with Gasteiger partial charge >= 0.3 is 5.97 Å². The summed E-state index contributed by atoms with van der Waals surface area (Å²) in [5.74, 6) is -0.624. The number of esters is 1. The molecule has 0 bridgehead atoms. The summed E-state index contributed by atoms with van der Waals surface area (Å²) in [5, 5.41) is 11.2. The van der Waals surface area contributed by atoms with E-state index >= 15 is 0 Å². The molecular weight excluding hydrogens is 356 g/mol. The van der Waals surface area contributed by atoms with E-state index in [0.717, 1.165) is 16.9 Å². The quantitative estimate of drug-likeness (QED) is 0.639. The number of rotatable bonds is 7. The maximum atomic E-state index is 12.6. The van der Waals surface area contributed by atoms with Crippen molar-refractivity contribution in [2.24, 2.45) is 0 Å². The van der Waals surface area contributed by atoms with E-state index in [0.29, 0.717) is 5.69 Å². The number of ether oxygens (including phenoxy) is 1. The molecule has 0 saturated carbocycles. The SMILES string of the molecule is COC(=O)C[C@@H](NC(=O)Cc1nnn(-c2ccccc2)c1C)c1ccccc1. The maximum Gasteiger partial charge on any atom is 0.307 e. The average molecular weight is 378 g/mol. The molecule has 0 unspecified atom stereocenters. The fourth-order valence-electron chi connectivity index (χ4n) is 2.92. The van der Waals surface area contributed by atoms with Gasteiger partial charge in [-0.05, 0) is 24.6 Å². The number of hydrogen-bond acceptors (Lipinski definition) is 5. The zero-order valence-corrected chi connectivity index (χ0v) is 15.8. The van der Waals surface area contributed by atoms with E-state index < -0.39 is 6.04 Å². The summed E-state index contributed by atoms with van der Waals surface area (Å²) in [6.07, 6.45) is 0.130. The number of aromatic nitrogens is 3. The van der Waals surface area contributed by atoms with Gasteiger partial charge < -0.3 is 10.1 Å². The number of amides is 1. The van der Waals surface area contributed by atoms with Crippen LogP contribution in [0.4, 0.5) is 0 Å². The van der Waals surface area contributed by atoms with Crippen molar-refractivity contribution >= 4 is 11.9 Å². The first kappa shape index (κ1) is 19.3. The van der Waals surface area contributed by atoms with Gasteiger partial charge in [0.25, 0.3) is 0 Å². The molecule has 0 radical (unpaired) electrons. The fraction of sp³-hybridized carbons (Fsp3) is 0.238. The molecular formula is C21H22N4O3. The van der Waals surface area contributed by atoms with Crippen molar-refractivity contribution < 1.29 is 14.3 Å². The van der Waals surface area contributed by atoms with E-state index in [4.69, 9.17) is 4.74 Å². The Balaban J connectivity index is 1.73. The normalized spacial score (nSPS) is 11.6. The van der Waals surface area contributed by atoms with E-state index in [1.165, 1.54) is 7.11 Å². The van der Waals surface area contributed by atoms with E-state index in [1.54, 1.807) is 4.68 Å². The van der Waals surface area contributed by atoms with Crippen molar-refractivity contribution in [3.05, 3.63) is 77.6 Å². The van der Waals surface area contributed by atoms with Gasteiger partial charge in [0, 0.05) is 0 Å². The van der Waals surface area contributed by atoms with Crippen LogP contribution in [0.15, 0.2) is 60.7 Å². The Morgan fingerprint density at radius 2 is 1.71 bits per heavy atom. The summed E-state index contributed by atoms with van der Waals surface area (Å²) in [6, 6.07) is 18.5. The summed E-state index contributed by atoms with van der Waals surface area (Å²) in [7, 11) is 1.33. The Hall–Kier alpha value is -3.48. The van der Waals surface area contributed by atoms with Crippen LogP contribution in [0.1, 0.15) is 29.4 Å². The number of para-hydroxylation sites is 1. The van der Waals surface area contributed by atoms with Crippen LogP contribution in [-0.2, 0) is 20.7 Å². The molecule has 1 aromatic heterocycles. The minimum atomic E-state index is -0.467. The lowest BCUT2D eigenvalue weighted by Gasteiger charge is -2.18. The molecule has 0 fully saturated rings. The minimum absolute atomic E-state index is 0.0575. The molecule has 7 nitrogen and oxygen atoms in total. The van der Waals surface area contributed by atoms with E-state index in [2.05, 4.69) is 15.6 Å². The summed E-state index contributed by atoms with van der Waals surface area (Å²) in [5.41, 5.74) is 3.11. The Labute approximate surface area is 163 Å². The number of nitrogens with zero attached hydrogens (tertiary/aromatic N) is 3. The van der Waals surface area contributed by atoms with Gasteiger partial charge in [0.1, 0.15) is 0 Å². The topological polar surface area (TPSA) is 86.1 Å². The Morgan fingerprint density at radius 3 is 2.36 bits per heavy atom. The summed E-state index contributed by atoms with van der Waals surface area (Å²) in [4.78, 5) is 24.4. The van der Waals surface area contributed by atoms with Gasteiger partial charge in [-0.3, -0.25) is 9.59 Å². The molecule has 1 atom stereocenters. The van der Waals surface area contributed by atoms with Crippen molar-refractivity contribution in [2.75, 3.05) is 7.11 Å². The number of benzene rings is 2. The van der Waals surface area contributed by atoms with Gasteiger partial charge in [-0.2, -0.15) is 0 Å². The van der Waals surface area contributed by atoms with Crippen LogP contribution in [0, 0.1) is 6.92 Å². The van der Waals surface area contributed by atoms with E-state index in [-0.39, 0.29) is 24.7 Å². The first-order valence-electron chi connectivity index (χ1n) is 8.96. The third-order valence-corrected chi connectivity index (χ3v) is 4.45. The van der Waals surface area contributed by atoms with Crippen LogP contribution < -0.4 is 5.32 Å². The van der Waals surface area contributed by atoms with Crippen molar-refractivity contribution in [2.45, 2.75) is 25.8 Å². The monoisotopic (exact) mass is 378 g/mol. The third kappa shape index (κ3) is 4.62. The Kier molecular flexibility index (Phi) is 6.16. The Bertz CT molecular complexity index is 939. The van der Waals surface area contributed by atoms with Crippen LogP contribution in [0.2, 0.25) is 0 Å². The zero-order valence-electron chi connectivity index (χ0n) is 15.8. The average Bonchev–Trinajstić information content (AvgIpc) is 3.08. The largest absolute Gasteiger partial charge is 0.469 e. The highest BCUT2D eigenvalue weighted by molar-refractivity contribution is 5.80. The number of hydrogen-bond donors (Lipinski definition) is 1. The smallest absolute Gasteiger partial charge is 0.307 e. The molecule has 0 aliphatic rings. The third-order valence-electron chi connectivity index (χ3n) is 4.45.